The van der Waals surface area contributed by atoms with Crippen LogP contribution < -0.4 is 0 Å². The van der Waals surface area contributed by atoms with Gasteiger partial charge in [-0.3, -0.25) is 4.79 Å². The molecule has 0 N–H and O–H groups in total. The topological polar surface area (TPSA) is 76.8 Å². The molecule has 7 nitrogen and oxygen atoms in total. The van der Waals surface area contributed by atoms with Crippen molar-refractivity contribution < 1.29 is 4.79 Å². The smallest absolute Gasteiger partial charge is 0.253 e. The van der Waals surface area contributed by atoms with Crippen LogP contribution in [0, 0.1) is 0 Å². The van der Waals surface area contributed by atoms with E-state index in [-0.39, 0.29) is 11.8 Å². The number of para-hydroxylation sites is 1. The lowest BCUT2D eigenvalue weighted by atomic mass is 9.98. The van der Waals surface area contributed by atoms with Gasteiger partial charge in [-0.1, -0.05) is 18.2 Å². The molecule has 0 bridgehead atoms. The Morgan fingerprint density at radius 3 is 2.93 bits per heavy atom. The van der Waals surface area contributed by atoms with Crippen LogP contribution in [0.25, 0.3) is 15.9 Å². The van der Waals surface area contributed by atoms with Crippen molar-refractivity contribution in [1.82, 2.24) is 30.1 Å². The van der Waals surface area contributed by atoms with Gasteiger partial charge in [-0.25, -0.2) is 9.67 Å². The molecule has 0 aliphatic carbocycles. The van der Waals surface area contributed by atoms with E-state index >= 15 is 0 Å². The number of benzene rings is 2. The molecule has 2 aromatic carbocycles. The molecule has 1 saturated heterocycles. The van der Waals surface area contributed by atoms with Crippen LogP contribution in [0.15, 0.2) is 54.9 Å². The molecule has 2 aromatic heterocycles. The SMILES string of the molecule is O=C(c1cccc(-n2cnnn2)c1)N1CCC[C@@H](c2nc3ccccc3s2)C1. The van der Waals surface area contributed by atoms with E-state index in [2.05, 4.69) is 21.6 Å². The van der Waals surface area contributed by atoms with Crippen molar-refractivity contribution in [3.05, 3.63) is 65.4 Å². The van der Waals surface area contributed by atoms with Gasteiger partial charge in [-0.05, 0) is 53.6 Å². The second kappa shape index (κ2) is 7.12. The first-order chi connectivity index (χ1) is 13.8. The second-order valence-corrected chi connectivity index (χ2v) is 7.98. The number of piperidine rings is 1. The lowest BCUT2D eigenvalue weighted by Crippen LogP contribution is -2.39. The summed E-state index contributed by atoms with van der Waals surface area (Å²) in [6.07, 6.45) is 3.57. The summed E-state index contributed by atoms with van der Waals surface area (Å²) in [6.45, 7) is 1.48. The molecule has 5 rings (SSSR count). The highest BCUT2D eigenvalue weighted by atomic mass is 32.1. The van der Waals surface area contributed by atoms with E-state index in [1.807, 2.05) is 47.4 Å². The van der Waals surface area contributed by atoms with Crippen LogP contribution in [0.3, 0.4) is 0 Å². The third-order valence-electron chi connectivity index (χ3n) is 5.07. The van der Waals surface area contributed by atoms with Crippen molar-refractivity contribution in [2.24, 2.45) is 0 Å². The number of fused-ring (bicyclic) bond motifs is 1. The van der Waals surface area contributed by atoms with E-state index in [1.165, 1.54) is 11.0 Å². The molecule has 1 aliphatic heterocycles. The lowest BCUT2D eigenvalue weighted by Gasteiger charge is -2.32. The van der Waals surface area contributed by atoms with Gasteiger partial charge in [-0.2, -0.15) is 0 Å². The van der Waals surface area contributed by atoms with Crippen LogP contribution in [0.1, 0.15) is 34.1 Å². The summed E-state index contributed by atoms with van der Waals surface area (Å²) in [5.74, 6) is 0.332. The summed E-state index contributed by atoms with van der Waals surface area (Å²) in [4.78, 5) is 19.9. The predicted molar refractivity (Wildman–Crippen MR) is 107 cm³/mol. The van der Waals surface area contributed by atoms with E-state index in [1.54, 1.807) is 16.0 Å². The minimum atomic E-state index is 0.0423. The Labute approximate surface area is 165 Å². The molecule has 1 atom stereocenters. The van der Waals surface area contributed by atoms with Crippen LogP contribution in [0.5, 0.6) is 0 Å². The van der Waals surface area contributed by atoms with Crippen molar-refractivity contribution in [3.8, 4) is 5.69 Å². The Morgan fingerprint density at radius 2 is 2.07 bits per heavy atom. The van der Waals surface area contributed by atoms with Gasteiger partial charge in [0.25, 0.3) is 5.91 Å². The number of likely N-dealkylation sites (tertiary alicyclic amines) is 1. The van der Waals surface area contributed by atoms with Crippen LogP contribution in [-0.2, 0) is 0 Å². The van der Waals surface area contributed by atoms with Crippen LogP contribution in [0.2, 0.25) is 0 Å². The van der Waals surface area contributed by atoms with Gasteiger partial charge < -0.3 is 4.90 Å². The number of amides is 1. The lowest BCUT2D eigenvalue weighted by molar-refractivity contribution is 0.0707. The molecule has 3 heterocycles. The number of thiazole rings is 1. The molecular formula is C20H18N6OS. The van der Waals surface area contributed by atoms with Crippen molar-refractivity contribution in [2.75, 3.05) is 13.1 Å². The summed E-state index contributed by atoms with van der Waals surface area (Å²) in [6, 6.07) is 15.6. The number of aromatic nitrogens is 5. The van der Waals surface area contributed by atoms with Gasteiger partial charge in [0.1, 0.15) is 6.33 Å². The van der Waals surface area contributed by atoms with E-state index in [9.17, 15) is 4.79 Å². The number of hydrogen-bond acceptors (Lipinski definition) is 6. The molecule has 1 fully saturated rings. The molecule has 0 saturated carbocycles. The zero-order valence-corrected chi connectivity index (χ0v) is 15.9. The zero-order valence-electron chi connectivity index (χ0n) is 15.1. The normalized spacial score (nSPS) is 17.1. The summed E-state index contributed by atoms with van der Waals surface area (Å²) in [7, 11) is 0. The van der Waals surface area contributed by atoms with Crippen LogP contribution in [-0.4, -0.2) is 49.1 Å². The Bertz CT molecular complexity index is 1090. The third-order valence-corrected chi connectivity index (χ3v) is 6.27. The predicted octanol–water partition coefficient (Wildman–Crippen LogP) is 3.29. The first-order valence-corrected chi connectivity index (χ1v) is 10.1. The largest absolute Gasteiger partial charge is 0.338 e. The van der Waals surface area contributed by atoms with Gasteiger partial charge in [0.15, 0.2) is 0 Å². The second-order valence-electron chi connectivity index (χ2n) is 6.91. The highest BCUT2D eigenvalue weighted by molar-refractivity contribution is 7.18. The monoisotopic (exact) mass is 390 g/mol. The summed E-state index contributed by atoms with van der Waals surface area (Å²) < 4.78 is 2.76. The first kappa shape index (κ1) is 17.0. The molecule has 1 amide bonds. The molecule has 140 valence electrons. The van der Waals surface area contributed by atoms with E-state index in [0.717, 1.165) is 35.6 Å². The Morgan fingerprint density at radius 1 is 1.14 bits per heavy atom. The highest BCUT2D eigenvalue weighted by Crippen LogP contribution is 2.33. The van der Waals surface area contributed by atoms with Crippen molar-refractivity contribution in [2.45, 2.75) is 18.8 Å². The minimum absolute atomic E-state index is 0.0423. The molecule has 28 heavy (non-hydrogen) atoms. The average Bonchev–Trinajstić information content (AvgIpc) is 3.43. The van der Waals surface area contributed by atoms with Gasteiger partial charge in [0, 0.05) is 24.6 Å². The fraction of sp³-hybridized carbons (Fsp3) is 0.250. The summed E-state index contributed by atoms with van der Waals surface area (Å²) >= 11 is 1.74. The maximum atomic E-state index is 13.1. The fourth-order valence-electron chi connectivity index (χ4n) is 3.67. The van der Waals surface area contributed by atoms with Gasteiger partial charge in [0.2, 0.25) is 0 Å². The number of carbonyl (C=O) groups excluding carboxylic acids is 1. The molecule has 0 radical (unpaired) electrons. The van der Waals surface area contributed by atoms with E-state index in [0.29, 0.717) is 12.1 Å². The molecular weight excluding hydrogens is 372 g/mol. The number of tetrazole rings is 1. The quantitative estimate of drug-likeness (QED) is 0.536. The maximum absolute atomic E-state index is 13.1. The number of hydrogen-bond donors (Lipinski definition) is 0. The molecule has 0 spiro atoms. The minimum Gasteiger partial charge on any atom is -0.338 e. The number of carbonyl (C=O) groups is 1. The zero-order chi connectivity index (χ0) is 18.9. The highest BCUT2D eigenvalue weighted by Gasteiger charge is 2.27. The summed E-state index contributed by atoms with van der Waals surface area (Å²) in [5, 5.41) is 12.3. The standard InChI is InChI=1S/C20H18N6OS/c27-20(14-5-3-7-16(11-14)26-13-21-23-24-26)25-10-4-6-15(12-25)19-22-17-8-1-2-9-18(17)28-19/h1-3,5,7-9,11,13,15H,4,6,10,12H2/t15-/m1/s1. The van der Waals surface area contributed by atoms with Crippen LogP contribution in [0.4, 0.5) is 0 Å². The van der Waals surface area contributed by atoms with Crippen molar-refractivity contribution in [1.29, 1.82) is 0 Å². The van der Waals surface area contributed by atoms with E-state index < -0.39 is 0 Å². The number of rotatable bonds is 3. The summed E-state index contributed by atoms with van der Waals surface area (Å²) in [5.41, 5.74) is 2.47. The molecule has 1 aliphatic rings. The fourth-order valence-corrected chi connectivity index (χ4v) is 4.76. The third kappa shape index (κ3) is 3.16. The van der Waals surface area contributed by atoms with Gasteiger partial charge in [0.05, 0.1) is 20.9 Å². The average molecular weight is 390 g/mol. The number of nitrogens with zero attached hydrogens (tertiary/aromatic N) is 6. The Balaban J connectivity index is 1.37. The molecule has 0 unspecified atom stereocenters. The van der Waals surface area contributed by atoms with E-state index in [4.69, 9.17) is 4.98 Å². The van der Waals surface area contributed by atoms with Gasteiger partial charge >= 0.3 is 0 Å². The Hall–Kier alpha value is -3.13. The van der Waals surface area contributed by atoms with Crippen molar-refractivity contribution in [3.63, 3.8) is 0 Å². The maximum Gasteiger partial charge on any atom is 0.253 e. The molecule has 8 heteroatoms. The van der Waals surface area contributed by atoms with Crippen molar-refractivity contribution >= 4 is 27.5 Å². The molecule has 4 aromatic rings. The first-order valence-electron chi connectivity index (χ1n) is 9.26. The van der Waals surface area contributed by atoms with Gasteiger partial charge in [-0.15, -0.1) is 16.4 Å². The van der Waals surface area contributed by atoms with Crippen LogP contribution >= 0.6 is 11.3 Å². The Kier molecular flexibility index (Phi) is 4.32.